The highest BCUT2D eigenvalue weighted by Gasteiger charge is 2.19. The topological polar surface area (TPSA) is 62.7 Å². The molecule has 0 aliphatic heterocycles. The Balaban J connectivity index is 1.74. The van der Waals surface area contributed by atoms with Crippen molar-refractivity contribution in [1.29, 1.82) is 0 Å². The Bertz CT molecular complexity index is 2160. The molecule has 93 heavy (non-hydrogen) atoms. The molecular formula is C82H139N5S6. The standard InChI is InChI=1S/C82H139N5S6/c1-8-14-20-26-32-38-44-50-60-88-74-66-72(67-75(89-61-51-45-39-33-27-21-15-9-2)78(74)92-64-54-48-42-36-30-24-18-12-5)83-81-85-80(71-58-56-70(7)57-59-71)86-82(87-81)84-73-68-76(90-62-52-46-40-34-28-22-16-10-3)79(93-65-55-49-43-37-31-25-19-13-6)77(69-73)91-63-53-47-41-35-29-23-17-11-4/h56-59,66-69H,8-55,60-65H2,1-7H3,(H2,83,84,85,86,87). The van der Waals surface area contributed by atoms with E-state index in [1.807, 2.05) is 0 Å². The lowest BCUT2D eigenvalue weighted by molar-refractivity contribution is 0.586. The van der Waals surface area contributed by atoms with Crippen molar-refractivity contribution in [3.63, 3.8) is 0 Å². The number of aromatic nitrogens is 3. The van der Waals surface area contributed by atoms with Crippen molar-refractivity contribution in [2.24, 2.45) is 0 Å². The molecule has 0 amide bonds. The molecule has 0 aliphatic rings. The number of hydrogen-bond acceptors (Lipinski definition) is 11. The van der Waals surface area contributed by atoms with Crippen molar-refractivity contribution < 1.29 is 0 Å². The number of hydrogen-bond donors (Lipinski definition) is 2. The molecule has 1 heterocycles. The van der Waals surface area contributed by atoms with Crippen LogP contribution in [0.2, 0.25) is 0 Å². The first-order valence-electron chi connectivity index (χ1n) is 39.4. The van der Waals surface area contributed by atoms with Gasteiger partial charge in [-0.25, -0.2) is 0 Å². The van der Waals surface area contributed by atoms with Gasteiger partial charge >= 0.3 is 0 Å². The highest BCUT2D eigenvalue weighted by molar-refractivity contribution is 8.04. The van der Waals surface area contributed by atoms with Crippen LogP contribution >= 0.6 is 70.6 Å². The second kappa shape index (κ2) is 59.3. The van der Waals surface area contributed by atoms with Crippen LogP contribution in [0, 0.1) is 6.92 Å². The zero-order valence-electron chi connectivity index (χ0n) is 61.1. The van der Waals surface area contributed by atoms with Crippen LogP contribution < -0.4 is 10.6 Å². The summed E-state index contributed by atoms with van der Waals surface area (Å²) in [6.07, 6.45) is 64.8. The van der Waals surface area contributed by atoms with E-state index in [-0.39, 0.29) is 0 Å². The predicted octanol–water partition coefficient (Wildman–Crippen LogP) is 30.7. The minimum Gasteiger partial charge on any atom is -0.324 e. The normalized spacial score (nSPS) is 11.6. The van der Waals surface area contributed by atoms with Gasteiger partial charge in [-0.05, 0) is 104 Å². The van der Waals surface area contributed by atoms with Crippen molar-refractivity contribution >= 4 is 93.8 Å². The van der Waals surface area contributed by atoms with E-state index in [2.05, 4.69) is 178 Å². The van der Waals surface area contributed by atoms with Crippen LogP contribution in [0.15, 0.2) is 77.9 Å². The third-order valence-corrected chi connectivity index (χ3v) is 25.5. The van der Waals surface area contributed by atoms with Gasteiger partial charge in [0.25, 0.3) is 0 Å². The SMILES string of the molecule is CCCCCCCCCCSc1cc(Nc2nc(Nc3cc(SCCCCCCCCCC)c(SCCCCCCCCCC)c(SCCCCCCCCCC)c3)nc(-c3ccc(C)cc3)n2)cc(SCCCCCCCCCC)c1SCCCCCCCCCC. The van der Waals surface area contributed by atoms with E-state index in [9.17, 15) is 0 Å². The van der Waals surface area contributed by atoms with E-state index in [4.69, 9.17) is 15.0 Å². The molecule has 1 aromatic heterocycles. The first kappa shape index (κ1) is 83.8. The summed E-state index contributed by atoms with van der Waals surface area (Å²) < 4.78 is 0. The summed E-state index contributed by atoms with van der Waals surface area (Å²) in [6, 6.07) is 18.5. The number of unbranched alkanes of at least 4 members (excludes halogenated alkanes) is 42. The van der Waals surface area contributed by atoms with Crippen molar-refractivity contribution in [3.8, 4) is 11.4 Å². The lowest BCUT2D eigenvalue weighted by Gasteiger charge is -2.19. The number of aryl methyl sites for hydroxylation is 1. The fourth-order valence-corrected chi connectivity index (χ4v) is 19.6. The van der Waals surface area contributed by atoms with Crippen molar-refractivity contribution in [1.82, 2.24) is 15.0 Å². The second-order valence-electron chi connectivity index (χ2n) is 27.0. The maximum Gasteiger partial charge on any atom is 0.232 e. The Morgan fingerprint density at radius 1 is 0.258 bits per heavy atom. The molecule has 528 valence electrons. The van der Waals surface area contributed by atoms with E-state index < -0.39 is 0 Å². The highest BCUT2D eigenvalue weighted by Crippen LogP contribution is 2.45. The van der Waals surface area contributed by atoms with E-state index >= 15 is 0 Å². The fraction of sp³-hybridized carbons (Fsp3) is 0.744. The summed E-state index contributed by atoms with van der Waals surface area (Å²) in [6.45, 7) is 16.1. The summed E-state index contributed by atoms with van der Waals surface area (Å²) >= 11 is 12.6. The number of nitrogens with one attached hydrogen (secondary N) is 2. The Labute approximate surface area is 600 Å². The summed E-state index contributed by atoms with van der Waals surface area (Å²) in [4.78, 5) is 24.6. The molecule has 2 N–H and O–H groups in total. The summed E-state index contributed by atoms with van der Waals surface area (Å²) in [5.41, 5.74) is 4.38. The summed E-state index contributed by atoms with van der Waals surface area (Å²) in [5.74, 6) is 8.83. The van der Waals surface area contributed by atoms with Crippen LogP contribution in [0.25, 0.3) is 11.4 Å². The quantitative estimate of drug-likeness (QED) is 0.0328. The lowest BCUT2D eigenvalue weighted by Crippen LogP contribution is -2.06. The predicted molar refractivity (Wildman–Crippen MR) is 429 cm³/mol. The summed E-state index contributed by atoms with van der Waals surface area (Å²) in [7, 11) is 0. The molecule has 0 bridgehead atoms. The summed E-state index contributed by atoms with van der Waals surface area (Å²) in [5, 5.41) is 7.77. The molecule has 0 fully saturated rings. The van der Waals surface area contributed by atoms with Crippen molar-refractivity contribution in [2.75, 3.05) is 45.2 Å². The first-order valence-corrected chi connectivity index (χ1v) is 45.3. The average Bonchev–Trinajstić information content (AvgIpc) is 1.23. The van der Waals surface area contributed by atoms with Gasteiger partial charge in [0.2, 0.25) is 11.9 Å². The monoisotopic (exact) mass is 1390 g/mol. The van der Waals surface area contributed by atoms with Crippen LogP contribution in [-0.2, 0) is 0 Å². The first-order chi connectivity index (χ1) is 45.9. The molecule has 11 heteroatoms. The minimum atomic E-state index is 0.589. The van der Waals surface area contributed by atoms with Gasteiger partial charge in [0.15, 0.2) is 5.82 Å². The Hall–Kier alpha value is -1.63. The van der Waals surface area contributed by atoms with Gasteiger partial charge in [-0.1, -0.05) is 341 Å². The average molecular weight is 1390 g/mol. The van der Waals surface area contributed by atoms with Crippen molar-refractivity contribution in [3.05, 3.63) is 54.1 Å². The Morgan fingerprint density at radius 3 is 0.710 bits per heavy atom. The Morgan fingerprint density at radius 2 is 0.473 bits per heavy atom. The van der Waals surface area contributed by atoms with Crippen LogP contribution in [0.5, 0.6) is 0 Å². The van der Waals surface area contributed by atoms with Gasteiger partial charge in [0, 0.05) is 46.3 Å². The molecule has 0 aliphatic carbocycles. The van der Waals surface area contributed by atoms with E-state index in [0.717, 1.165) is 39.9 Å². The van der Waals surface area contributed by atoms with Crippen molar-refractivity contribution in [2.45, 2.75) is 386 Å². The second-order valence-corrected chi connectivity index (χ2v) is 33.7. The zero-order chi connectivity index (χ0) is 66.1. The molecule has 0 spiro atoms. The lowest BCUT2D eigenvalue weighted by atomic mass is 10.1. The van der Waals surface area contributed by atoms with Crippen LogP contribution in [0.4, 0.5) is 23.3 Å². The Kier molecular flexibility index (Phi) is 53.4. The third kappa shape index (κ3) is 41.5. The molecule has 0 radical (unpaired) electrons. The molecule has 4 aromatic rings. The van der Waals surface area contributed by atoms with Gasteiger partial charge in [-0.15, -0.1) is 70.6 Å². The number of thioether (sulfide) groups is 6. The molecule has 4 rings (SSSR count). The van der Waals surface area contributed by atoms with Gasteiger partial charge in [-0.2, -0.15) is 15.0 Å². The maximum absolute atomic E-state index is 5.34. The van der Waals surface area contributed by atoms with Gasteiger partial charge in [0.1, 0.15) is 0 Å². The highest BCUT2D eigenvalue weighted by atomic mass is 32.2. The molecule has 0 atom stereocenters. The third-order valence-electron chi connectivity index (χ3n) is 18.0. The number of benzene rings is 3. The van der Waals surface area contributed by atoms with Gasteiger partial charge < -0.3 is 10.6 Å². The number of anilines is 4. The molecular weight excluding hydrogens is 1250 g/mol. The van der Waals surface area contributed by atoms with E-state index in [0.29, 0.717) is 17.7 Å². The van der Waals surface area contributed by atoms with Crippen LogP contribution in [0.1, 0.15) is 355 Å². The molecule has 3 aromatic carbocycles. The van der Waals surface area contributed by atoms with Gasteiger partial charge in [0.05, 0.1) is 0 Å². The molecule has 0 unspecified atom stereocenters. The van der Waals surface area contributed by atoms with Crippen LogP contribution in [0.3, 0.4) is 0 Å². The largest absolute Gasteiger partial charge is 0.324 e. The molecule has 0 saturated carbocycles. The number of rotatable bonds is 65. The maximum atomic E-state index is 5.34. The van der Waals surface area contributed by atoms with Crippen LogP contribution in [-0.4, -0.2) is 49.5 Å². The molecule has 5 nitrogen and oxygen atoms in total. The molecule has 0 saturated heterocycles. The zero-order valence-corrected chi connectivity index (χ0v) is 66.0. The minimum absolute atomic E-state index is 0.589. The van der Waals surface area contributed by atoms with Gasteiger partial charge in [-0.3, -0.25) is 0 Å². The van der Waals surface area contributed by atoms with E-state index in [1.165, 1.54) is 355 Å². The van der Waals surface area contributed by atoms with E-state index in [1.54, 1.807) is 0 Å². The smallest absolute Gasteiger partial charge is 0.232 e. The number of nitrogens with zero attached hydrogens (tertiary/aromatic N) is 3. The fourth-order valence-electron chi connectivity index (χ4n) is 12.1.